The first-order chi connectivity index (χ1) is 17.6. The van der Waals surface area contributed by atoms with E-state index in [-0.39, 0.29) is 5.91 Å². The lowest BCUT2D eigenvalue weighted by Crippen LogP contribution is -2.47. The molecule has 9 heteroatoms. The van der Waals surface area contributed by atoms with Crippen LogP contribution in [0.25, 0.3) is 22.3 Å². The number of aromatic amines is 1. The van der Waals surface area contributed by atoms with Gasteiger partial charge in [0.05, 0.1) is 17.5 Å². The van der Waals surface area contributed by atoms with Crippen LogP contribution in [0.5, 0.6) is 5.75 Å². The van der Waals surface area contributed by atoms with Crippen molar-refractivity contribution in [3.63, 3.8) is 0 Å². The predicted octanol–water partition coefficient (Wildman–Crippen LogP) is 4.08. The minimum atomic E-state index is 0.0425. The van der Waals surface area contributed by atoms with Gasteiger partial charge in [-0.2, -0.15) is 0 Å². The Morgan fingerprint density at radius 1 is 1.00 bits per heavy atom. The average molecular weight is 484 g/mol. The van der Waals surface area contributed by atoms with Crippen molar-refractivity contribution in [1.82, 2.24) is 29.7 Å². The number of benzene rings is 1. The molecular formula is C27H29N7O2. The number of carbonyl (C=O) groups excluding carboxylic acids is 1. The molecule has 0 spiro atoms. The van der Waals surface area contributed by atoms with E-state index in [1.165, 1.54) is 6.42 Å². The van der Waals surface area contributed by atoms with Crippen LogP contribution in [-0.2, 0) is 0 Å². The molecule has 1 amide bonds. The molecule has 1 aromatic carbocycles. The second kappa shape index (κ2) is 9.58. The number of carbonyl (C=O) groups is 1. The molecule has 3 aromatic heterocycles. The number of H-pyrrole nitrogens is 1. The summed E-state index contributed by atoms with van der Waals surface area (Å²) in [7, 11) is 2.08. The molecule has 2 fully saturated rings. The van der Waals surface area contributed by atoms with Gasteiger partial charge in [0.2, 0.25) is 5.95 Å². The zero-order chi connectivity index (χ0) is 24.5. The SMILES string of the molecule is CN1CCN(C(=O)c2cc3cc(Nc4nccc(-c5cc(OC6CCC6)ccn5)n4)ccc3[nH]2)CC1. The summed E-state index contributed by atoms with van der Waals surface area (Å²) in [6.07, 6.45) is 7.22. The predicted molar refractivity (Wildman–Crippen MR) is 139 cm³/mol. The summed E-state index contributed by atoms with van der Waals surface area (Å²) in [4.78, 5) is 33.9. The van der Waals surface area contributed by atoms with Gasteiger partial charge in [0.1, 0.15) is 11.4 Å². The Hall–Kier alpha value is -3.98. The molecule has 1 aliphatic carbocycles. The first kappa shape index (κ1) is 22.5. The number of hydrogen-bond donors (Lipinski definition) is 2. The van der Waals surface area contributed by atoms with Crippen LogP contribution in [0.2, 0.25) is 0 Å². The molecule has 0 bridgehead atoms. The third-order valence-electron chi connectivity index (χ3n) is 6.90. The molecular weight excluding hydrogens is 454 g/mol. The van der Waals surface area contributed by atoms with Crippen LogP contribution in [0.4, 0.5) is 11.6 Å². The van der Waals surface area contributed by atoms with Crippen molar-refractivity contribution >= 4 is 28.4 Å². The highest BCUT2D eigenvalue weighted by molar-refractivity contribution is 5.98. The first-order valence-corrected chi connectivity index (χ1v) is 12.4. The van der Waals surface area contributed by atoms with Gasteiger partial charge in [0.15, 0.2) is 0 Å². The zero-order valence-electron chi connectivity index (χ0n) is 20.3. The lowest BCUT2D eigenvalue weighted by atomic mass is 9.96. The molecule has 0 atom stereocenters. The quantitative estimate of drug-likeness (QED) is 0.426. The molecule has 4 heterocycles. The molecule has 2 N–H and O–H groups in total. The highest BCUT2D eigenvalue weighted by Crippen LogP contribution is 2.28. The van der Waals surface area contributed by atoms with E-state index >= 15 is 0 Å². The summed E-state index contributed by atoms with van der Waals surface area (Å²) in [5, 5.41) is 4.24. The Labute approximate surface area is 209 Å². The van der Waals surface area contributed by atoms with Crippen LogP contribution in [0.15, 0.2) is 54.9 Å². The number of nitrogens with one attached hydrogen (secondary N) is 2. The van der Waals surface area contributed by atoms with Crippen molar-refractivity contribution in [3.8, 4) is 17.1 Å². The lowest BCUT2D eigenvalue weighted by molar-refractivity contribution is 0.0659. The van der Waals surface area contributed by atoms with Gasteiger partial charge in [-0.15, -0.1) is 0 Å². The number of nitrogens with zero attached hydrogens (tertiary/aromatic N) is 5. The van der Waals surface area contributed by atoms with Gasteiger partial charge < -0.3 is 24.8 Å². The number of amides is 1. The number of likely N-dealkylation sites (N-methyl/N-ethyl adjacent to an activating group) is 1. The van der Waals surface area contributed by atoms with Crippen LogP contribution >= 0.6 is 0 Å². The van der Waals surface area contributed by atoms with Crippen LogP contribution in [0.1, 0.15) is 29.8 Å². The van der Waals surface area contributed by atoms with Crippen molar-refractivity contribution in [2.75, 3.05) is 38.5 Å². The summed E-state index contributed by atoms with van der Waals surface area (Å²) in [5.74, 6) is 1.33. The normalized spacial score (nSPS) is 16.6. The first-order valence-electron chi connectivity index (χ1n) is 12.4. The van der Waals surface area contributed by atoms with Crippen LogP contribution in [0.3, 0.4) is 0 Å². The fourth-order valence-electron chi connectivity index (χ4n) is 4.50. The zero-order valence-corrected chi connectivity index (χ0v) is 20.3. The standard InChI is InChI=1S/C27H29N7O2/c1-33-11-13-34(14-12-33)26(35)25-16-18-15-19(5-6-22(18)31-25)30-27-29-10-8-23(32-27)24-17-21(7-9-28-24)36-20-3-2-4-20/h5-10,15-17,20,31H,2-4,11-14H2,1H3,(H,29,30,32). The number of piperazine rings is 1. The van der Waals surface area contributed by atoms with Gasteiger partial charge in [-0.25, -0.2) is 9.97 Å². The number of fused-ring (bicyclic) bond motifs is 1. The third kappa shape index (κ3) is 4.74. The van der Waals surface area contributed by atoms with Gasteiger partial charge >= 0.3 is 0 Å². The molecule has 1 saturated heterocycles. The number of anilines is 2. The molecule has 1 aliphatic heterocycles. The molecule has 9 nitrogen and oxygen atoms in total. The monoisotopic (exact) mass is 483 g/mol. The maximum Gasteiger partial charge on any atom is 0.270 e. The smallest absolute Gasteiger partial charge is 0.270 e. The van der Waals surface area contributed by atoms with E-state index < -0.39 is 0 Å². The third-order valence-corrected chi connectivity index (χ3v) is 6.90. The largest absolute Gasteiger partial charge is 0.490 e. The number of hydrogen-bond acceptors (Lipinski definition) is 7. The summed E-state index contributed by atoms with van der Waals surface area (Å²) < 4.78 is 6.01. The fourth-order valence-corrected chi connectivity index (χ4v) is 4.50. The Kier molecular flexibility index (Phi) is 5.98. The van der Waals surface area contributed by atoms with Gasteiger partial charge in [-0.05, 0) is 62.7 Å². The Bertz CT molecular complexity index is 1390. The molecule has 36 heavy (non-hydrogen) atoms. The van der Waals surface area contributed by atoms with Gasteiger partial charge in [0.25, 0.3) is 5.91 Å². The molecule has 1 saturated carbocycles. The summed E-state index contributed by atoms with van der Waals surface area (Å²) in [6.45, 7) is 3.28. The molecule has 0 radical (unpaired) electrons. The summed E-state index contributed by atoms with van der Waals surface area (Å²) in [5.41, 5.74) is 3.83. The molecule has 2 aliphatic rings. The maximum atomic E-state index is 13.0. The molecule has 6 rings (SSSR count). The van der Waals surface area contributed by atoms with Crippen molar-refractivity contribution in [2.24, 2.45) is 0 Å². The topological polar surface area (TPSA) is 99.3 Å². The van der Waals surface area contributed by atoms with E-state index in [1.54, 1.807) is 12.4 Å². The summed E-state index contributed by atoms with van der Waals surface area (Å²) in [6, 6.07) is 13.5. The molecule has 4 aromatic rings. The molecule has 0 unspecified atom stereocenters. The fraction of sp³-hybridized carbons (Fsp3) is 0.333. The van der Waals surface area contributed by atoms with E-state index in [2.05, 4.69) is 37.2 Å². The highest BCUT2D eigenvalue weighted by atomic mass is 16.5. The van der Waals surface area contributed by atoms with Gasteiger partial charge in [0, 0.05) is 61.2 Å². The van der Waals surface area contributed by atoms with E-state index in [0.29, 0.717) is 23.4 Å². The second-order valence-corrected chi connectivity index (χ2v) is 9.52. The van der Waals surface area contributed by atoms with E-state index in [0.717, 1.165) is 67.1 Å². The van der Waals surface area contributed by atoms with Crippen LogP contribution in [-0.4, -0.2) is 75.0 Å². The van der Waals surface area contributed by atoms with E-state index in [1.807, 2.05) is 47.4 Å². The van der Waals surface area contributed by atoms with Crippen molar-refractivity contribution in [2.45, 2.75) is 25.4 Å². The Morgan fingerprint density at radius 3 is 2.64 bits per heavy atom. The molecule has 184 valence electrons. The number of ether oxygens (including phenoxy) is 1. The van der Waals surface area contributed by atoms with E-state index in [4.69, 9.17) is 4.74 Å². The Morgan fingerprint density at radius 2 is 1.83 bits per heavy atom. The number of pyridine rings is 1. The van der Waals surface area contributed by atoms with Crippen LogP contribution in [0, 0.1) is 0 Å². The van der Waals surface area contributed by atoms with Crippen LogP contribution < -0.4 is 10.1 Å². The van der Waals surface area contributed by atoms with Gasteiger partial charge in [-0.1, -0.05) is 0 Å². The highest BCUT2D eigenvalue weighted by Gasteiger charge is 2.22. The minimum absolute atomic E-state index is 0.0425. The average Bonchev–Trinajstić information content (AvgIpc) is 3.30. The summed E-state index contributed by atoms with van der Waals surface area (Å²) >= 11 is 0. The van der Waals surface area contributed by atoms with Gasteiger partial charge in [-0.3, -0.25) is 9.78 Å². The number of aromatic nitrogens is 4. The van der Waals surface area contributed by atoms with Crippen molar-refractivity contribution < 1.29 is 9.53 Å². The number of rotatable bonds is 6. The van der Waals surface area contributed by atoms with Crippen molar-refractivity contribution in [1.29, 1.82) is 0 Å². The minimum Gasteiger partial charge on any atom is -0.490 e. The maximum absolute atomic E-state index is 13.0. The van der Waals surface area contributed by atoms with E-state index in [9.17, 15) is 4.79 Å². The van der Waals surface area contributed by atoms with Crippen molar-refractivity contribution in [3.05, 3.63) is 60.6 Å². The second-order valence-electron chi connectivity index (χ2n) is 9.52. The lowest BCUT2D eigenvalue weighted by Gasteiger charge is -2.32. The Balaban J connectivity index is 1.18.